The number of hydrogen-bond donors (Lipinski definition) is 2. The maximum Gasteiger partial charge on any atom is 0.356 e. The van der Waals surface area contributed by atoms with E-state index >= 15 is 0 Å². The molecule has 0 spiro atoms. The van der Waals surface area contributed by atoms with Gasteiger partial charge >= 0.3 is 5.97 Å². The van der Waals surface area contributed by atoms with E-state index in [2.05, 4.69) is 17.1 Å². The Morgan fingerprint density at radius 3 is 2.59 bits per heavy atom. The minimum absolute atomic E-state index is 0.0338. The topological polar surface area (TPSA) is 86.5 Å². The van der Waals surface area contributed by atoms with E-state index in [1.807, 2.05) is 4.90 Å². The first-order valence-corrected chi connectivity index (χ1v) is 5.62. The summed E-state index contributed by atoms with van der Waals surface area (Å²) in [5, 5.41) is 25.1. The van der Waals surface area contributed by atoms with Gasteiger partial charge in [-0.3, -0.25) is 0 Å². The van der Waals surface area contributed by atoms with Gasteiger partial charge in [-0.2, -0.15) is 0 Å². The SMILES string of the molecule is CCCCN(CCO)c1ccc(C(=O)O)nn1. The number of aliphatic hydroxyl groups excluding tert-OH is 1. The predicted molar refractivity (Wildman–Crippen MR) is 63.2 cm³/mol. The monoisotopic (exact) mass is 239 g/mol. The average molecular weight is 239 g/mol. The Hall–Kier alpha value is -1.69. The predicted octanol–water partition coefficient (Wildman–Crippen LogP) is 0.774. The van der Waals surface area contributed by atoms with Crippen molar-refractivity contribution < 1.29 is 15.0 Å². The van der Waals surface area contributed by atoms with E-state index in [-0.39, 0.29) is 12.3 Å². The number of aliphatic hydroxyl groups is 1. The molecular formula is C11H17N3O3. The quantitative estimate of drug-likeness (QED) is 0.731. The van der Waals surface area contributed by atoms with E-state index in [4.69, 9.17) is 10.2 Å². The van der Waals surface area contributed by atoms with Gasteiger partial charge in [0, 0.05) is 13.1 Å². The number of aromatic nitrogens is 2. The molecule has 6 nitrogen and oxygen atoms in total. The lowest BCUT2D eigenvalue weighted by molar-refractivity contribution is 0.0689. The molecule has 6 heteroatoms. The highest BCUT2D eigenvalue weighted by Gasteiger charge is 2.10. The van der Waals surface area contributed by atoms with E-state index in [1.54, 1.807) is 6.07 Å². The van der Waals surface area contributed by atoms with Crippen LogP contribution in [0.5, 0.6) is 0 Å². The van der Waals surface area contributed by atoms with Crippen molar-refractivity contribution in [3.63, 3.8) is 0 Å². The zero-order chi connectivity index (χ0) is 12.7. The molecule has 1 rings (SSSR count). The molecule has 17 heavy (non-hydrogen) atoms. The molecule has 2 N–H and O–H groups in total. The lowest BCUT2D eigenvalue weighted by Gasteiger charge is -2.21. The van der Waals surface area contributed by atoms with Gasteiger partial charge in [-0.1, -0.05) is 13.3 Å². The number of carboxylic acids is 1. The standard InChI is InChI=1S/C11H17N3O3/c1-2-3-6-14(7-8-15)10-5-4-9(11(16)17)12-13-10/h4-5,15H,2-3,6-8H2,1H3,(H,16,17). The van der Waals surface area contributed by atoms with Gasteiger partial charge in [0.15, 0.2) is 11.5 Å². The smallest absolute Gasteiger partial charge is 0.356 e. The van der Waals surface area contributed by atoms with Crippen molar-refractivity contribution in [3.05, 3.63) is 17.8 Å². The van der Waals surface area contributed by atoms with Gasteiger partial charge in [0.2, 0.25) is 0 Å². The van der Waals surface area contributed by atoms with Gasteiger partial charge in [0.25, 0.3) is 0 Å². The highest BCUT2D eigenvalue weighted by Crippen LogP contribution is 2.10. The van der Waals surface area contributed by atoms with E-state index in [0.717, 1.165) is 19.4 Å². The summed E-state index contributed by atoms with van der Waals surface area (Å²) in [5.74, 6) is -0.496. The summed E-state index contributed by atoms with van der Waals surface area (Å²) in [5.41, 5.74) is -0.0758. The molecule has 1 heterocycles. The van der Waals surface area contributed by atoms with E-state index < -0.39 is 5.97 Å². The zero-order valence-corrected chi connectivity index (χ0v) is 9.83. The molecule has 0 aliphatic carbocycles. The Morgan fingerprint density at radius 1 is 1.35 bits per heavy atom. The van der Waals surface area contributed by atoms with Gasteiger partial charge in [0.05, 0.1) is 6.61 Å². The van der Waals surface area contributed by atoms with Crippen LogP contribution in [0.4, 0.5) is 5.82 Å². The maximum atomic E-state index is 10.6. The number of hydrogen-bond acceptors (Lipinski definition) is 5. The Bertz CT molecular complexity index is 353. The molecule has 0 bridgehead atoms. The molecule has 0 atom stereocenters. The van der Waals surface area contributed by atoms with Crippen LogP contribution >= 0.6 is 0 Å². The summed E-state index contributed by atoms with van der Waals surface area (Å²) in [6, 6.07) is 3.03. The van der Waals surface area contributed by atoms with Crippen molar-refractivity contribution in [2.45, 2.75) is 19.8 Å². The van der Waals surface area contributed by atoms with Crippen LogP contribution < -0.4 is 4.90 Å². The molecule has 0 aliphatic rings. The van der Waals surface area contributed by atoms with Crippen LogP contribution in [0.2, 0.25) is 0 Å². The van der Waals surface area contributed by atoms with E-state index in [0.29, 0.717) is 12.4 Å². The molecule has 0 radical (unpaired) electrons. The third-order valence-electron chi connectivity index (χ3n) is 2.35. The Balaban J connectivity index is 2.75. The van der Waals surface area contributed by atoms with Gasteiger partial charge in [0.1, 0.15) is 0 Å². The van der Waals surface area contributed by atoms with Crippen molar-refractivity contribution >= 4 is 11.8 Å². The van der Waals surface area contributed by atoms with Crippen LogP contribution in [0.1, 0.15) is 30.3 Å². The third-order valence-corrected chi connectivity index (χ3v) is 2.35. The number of carbonyl (C=O) groups is 1. The third kappa shape index (κ3) is 3.99. The molecule has 0 fully saturated rings. The van der Waals surface area contributed by atoms with Crippen LogP contribution in [-0.2, 0) is 0 Å². The Labute approximate surface area is 99.9 Å². The number of carboxylic acid groups (broad SMARTS) is 1. The largest absolute Gasteiger partial charge is 0.476 e. The number of nitrogens with zero attached hydrogens (tertiary/aromatic N) is 3. The van der Waals surface area contributed by atoms with Crippen LogP contribution in [-0.4, -0.2) is 46.1 Å². The molecule has 0 amide bonds. The first-order chi connectivity index (χ1) is 8.19. The zero-order valence-electron chi connectivity index (χ0n) is 9.83. The molecule has 94 valence electrons. The van der Waals surface area contributed by atoms with Crippen LogP contribution in [0.25, 0.3) is 0 Å². The van der Waals surface area contributed by atoms with Gasteiger partial charge < -0.3 is 15.1 Å². The summed E-state index contributed by atoms with van der Waals surface area (Å²) in [4.78, 5) is 12.5. The molecule has 0 unspecified atom stereocenters. The maximum absolute atomic E-state index is 10.6. The second kappa shape index (κ2) is 6.80. The number of anilines is 1. The van der Waals surface area contributed by atoms with Crippen molar-refractivity contribution in [2.75, 3.05) is 24.6 Å². The Morgan fingerprint density at radius 2 is 2.12 bits per heavy atom. The van der Waals surface area contributed by atoms with Crippen LogP contribution in [0, 0.1) is 0 Å². The molecule has 1 aromatic rings. The number of aromatic carboxylic acids is 1. The van der Waals surface area contributed by atoms with Crippen molar-refractivity contribution in [3.8, 4) is 0 Å². The average Bonchev–Trinajstić information content (AvgIpc) is 2.34. The lowest BCUT2D eigenvalue weighted by Crippen LogP contribution is -2.29. The van der Waals surface area contributed by atoms with Crippen molar-refractivity contribution in [1.82, 2.24) is 10.2 Å². The molecule has 0 saturated carbocycles. The second-order valence-electron chi connectivity index (χ2n) is 3.65. The van der Waals surface area contributed by atoms with Gasteiger partial charge in [-0.15, -0.1) is 10.2 Å². The van der Waals surface area contributed by atoms with Crippen LogP contribution in [0.3, 0.4) is 0 Å². The molecule has 0 aromatic carbocycles. The van der Waals surface area contributed by atoms with Crippen molar-refractivity contribution in [2.24, 2.45) is 0 Å². The minimum Gasteiger partial charge on any atom is -0.476 e. The van der Waals surface area contributed by atoms with E-state index in [1.165, 1.54) is 6.07 Å². The number of rotatable bonds is 7. The second-order valence-corrected chi connectivity index (χ2v) is 3.65. The van der Waals surface area contributed by atoms with Gasteiger partial charge in [-0.25, -0.2) is 4.79 Å². The molecular weight excluding hydrogens is 222 g/mol. The highest BCUT2D eigenvalue weighted by atomic mass is 16.4. The fraction of sp³-hybridized carbons (Fsp3) is 0.545. The summed E-state index contributed by atoms with van der Waals surface area (Å²) >= 11 is 0. The first-order valence-electron chi connectivity index (χ1n) is 5.62. The minimum atomic E-state index is -1.09. The summed E-state index contributed by atoms with van der Waals surface area (Å²) in [7, 11) is 0. The highest BCUT2D eigenvalue weighted by molar-refractivity contribution is 5.85. The van der Waals surface area contributed by atoms with E-state index in [9.17, 15) is 4.79 Å². The first kappa shape index (κ1) is 13.4. The van der Waals surface area contributed by atoms with Gasteiger partial charge in [-0.05, 0) is 18.6 Å². The molecule has 1 aromatic heterocycles. The Kier molecular flexibility index (Phi) is 5.35. The molecule has 0 aliphatic heterocycles. The summed E-state index contributed by atoms with van der Waals surface area (Å²) in [6.07, 6.45) is 2.03. The van der Waals surface area contributed by atoms with Crippen LogP contribution in [0.15, 0.2) is 12.1 Å². The van der Waals surface area contributed by atoms with Crippen molar-refractivity contribution in [1.29, 1.82) is 0 Å². The number of unbranched alkanes of at least 4 members (excludes halogenated alkanes) is 1. The summed E-state index contributed by atoms with van der Waals surface area (Å²) < 4.78 is 0. The fourth-order valence-electron chi connectivity index (χ4n) is 1.42. The normalized spacial score (nSPS) is 10.2. The molecule has 0 saturated heterocycles. The lowest BCUT2D eigenvalue weighted by atomic mass is 10.3. The fourth-order valence-corrected chi connectivity index (χ4v) is 1.42. The summed E-state index contributed by atoms with van der Waals surface area (Å²) in [6.45, 7) is 3.36.